The van der Waals surface area contributed by atoms with Gasteiger partial charge in [0.1, 0.15) is 5.82 Å². The molecule has 5 nitrogen and oxygen atoms in total. The summed E-state index contributed by atoms with van der Waals surface area (Å²) in [4.78, 5) is 17.1. The number of amides is 1. The Balaban J connectivity index is 2.10. The predicted molar refractivity (Wildman–Crippen MR) is 91.1 cm³/mol. The fourth-order valence-electron chi connectivity index (χ4n) is 2.46. The van der Waals surface area contributed by atoms with Gasteiger partial charge in [-0.1, -0.05) is 13.8 Å². The molecule has 0 saturated carbocycles. The summed E-state index contributed by atoms with van der Waals surface area (Å²) < 4.78 is 14.8. The highest BCUT2D eigenvalue weighted by atomic mass is 19.1. The Labute approximate surface area is 139 Å². The molecule has 0 aliphatic carbocycles. The first kappa shape index (κ1) is 16.1. The van der Waals surface area contributed by atoms with Gasteiger partial charge in [0, 0.05) is 19.2 Å². The van der Waals surface area contributed by atoms with Gasteiger partial charge in [0.05, 0.1) is 22.8 Å². The average Bonchev–Trinajstić information content (AvgIpc) is 2.94. The summed E-state index contributed by atoms with van der Waals surface area (Å²) in [5, 5.41) is 7.82. The van der Waals surface area contributed by atoms with Gasteiger partial charge in [-0.3, -0.25) is 9.48 Å². The fraction of sp³-hybridized carbons (Fsp3) is 0.278. The molecule has 6 heteroatoms. The van der Waals surface area contributed by atoms with E-state index in [1.165, 1.54) is 12.1 Å². The molecule has 0 bridgehead atoms. The van der Waals surface area contributed by atoms with Crippen molar-refractivity contribution in [3.8, 4) is 11.3 Å². The summed E-state index contributed by atoms with van der Waals surface area (Å²) in [5.41, 5.74) is 2.50. The first-order valence-corrected chi connectivity index (χ1v) is 7.82. The van der Waals surface area contributed by atoms with Crippen LogP contribution in [0.1, 0.15) is 24.2 Å². The Morgan fingerprint density at radius 2 is 2.00 bits per heavy atom. The molecule has 2 heterocycles. The van der Waals surface area contributed by atoms with Crippen LogP contribution in [0.5, 0.6) is 0 Å². The topological polar surface area (TPSA) is 59.8 Å². The molecular formula is C18H19FN4O. The van der Waals surface area contributed by atoms with E-state index >= 15 is 0 Å². The number of nitrogens with one attached hydrogen (secondary N) is 1. The molecule has 124 valence electrons. The lowest BCUT2D eigenvalue weighted by molar-refractivity contribution is 0.0950. The van der Waals surface area contributed by atoms with Gasteiger partial charge in [0.25, 0.3) is 5.91 Å². The van der Waals surface area contributed by atoms with Gasteiger partial charge < -0.3 is 5.32 Å². The zero-order valence-electron chi connectivity index (χ0n) is 13.9. The van der Waals surface area contributed by atoms with E-state index < -0.39 is 0 Å². The summed E-state index contributed by atoms with van der Waals surface area (Å²) in [5.74, 6) is -0.112. The number of halogens is 1. The summed E-state index contributed by atoms with van der Waals surface area (Å²) in [7, 11) is 1.78. The standard InChI is InChI=1S/C18H19FN4O/c1-11(2)9-20-18(24)14-8-16(12-4-6-13(19)7-5-12)22-17-15(14)10-21-23(17)3/h4-8,10-11H,9H2,1-3H3,(H,20,24). The molecule has 24 heavy (non-hydrogen) atoms. The van der Waals surface area contributed by atoms with E-state index in [1.54, 1.807) is 36.1 Å². The van der Waals surface area contributed by atoms with Crippen molar-refractivity contribution in [2.75, 3.05) is 6.54 Å². The number of aryl methyl sites for hydroxylation is 1. The van der Waals surface area contributed by atoms with Crippen molar-refractivity contribution in [2.45, 2.75) is 13.8 Å². The smallest absolute Gasteiger partial charge is 0.252 e. The number of hydrogen-bond acceptors (Lipinski definition) is 3. The second-order valence-corrected chi connectivity index (χ2v) is 6.17. The minimum atomic E-state index is -0.310. The van der Waals surface area contributed by atoms with Gasteiger partial charge >= 0.3 is 0 Å². The van der Waals surface area contributed by atoms with Gasteiger partial charge in [-0.2, -0.15) is 5.10 Å². The van der Waals surface area contributed by atoms with Crippen molar-refractivity contribution in [1.82, 2.24) is 20.1 Å². The lowest BCUT2D eigenvalue weighted by atomic mass is 10.1. The number of pyridine rings is 1. The van der Waals surface area contributed by atoms with Crippen molar-refractivity contribution >= 4 is 16.9 Å². The number of nitrogens with zero attached hydrogens (tertiary/aromatic N) is 3. The maximum Gasteiger partial charge on any atom is 0.252 e. The zero-order chi connectivity index (χ0) is 17.3. The second kappa shape index (κ2) is 6.39. The predicted octanol–water partition coefficient (Wildman–Crippen LogP) is 3.16. The molecule has 0 aliphatic heterocycles. The Hall–Kier alpha value is -2.76. The van der Waals surface area contributed by atoms with Crippen LogP contribution in [-0.4, -0.2) is 27.2 Å². The van der Waals surface area contributed by atoms with Gasteiger partial charge in [0.15, 0.2) is 5.65 Å². The zero-order valence-corrected chi connectivity index (χ0v) is 13.9. The maximum atomic E-state index is 13.2. The normalized spacial score (nSPS) is 11.2. The Bertz CT molecular complexity index is 884. The van der Waals surface area contributed by atoms with Crippen molar-refractivity contribution in [1.29, 1.82) is 0 Å². The number of aromatic nitrogens is 3. The van der Waals surface area contributed by atoms with Crippen molar-refractivity contribution in [3.05, 3.63) is 47.9 Å². The Morgan fingerprint density at radius 3 is 2.67 bits per heavy atom. The molecule has 0 atom stereocenters. The monoisotopic (exact) mass is 326 g/mol. The number of fused-ring (bicyclic) bond motifs is 1. The van der Waals surface area contributed by atoms with E-state index in [1.807, 2.05) is 13.8 Å². The van der Waals surface area contributed by atoms with Crippen LogP contribution in [0.4, 0.5) is 4.39 Å². The van der Waals surface area contributed by atoms with E-state index in [2.05, 4.69) is 15.4 Å². The van der Waals surface area contributed by atoms with Crippen molar-refractivity contribution < 1.29 is 9.18 Å². The molecule has 0 spiro atoms. The lowest BCUT2D eigenvalue weighted by Crippen LogP contribution is -2.27. The average molecular weight is 326 g/mol. The fourth-order valence-corrected chi connectivity index (χ4v) is 2.46. The molecule has 1 N–H and O–H groups in total. The molecule has 0 radical (unpaired) electrons. The minimum absolute atomic E-state index is 0.160. The highest BCUT2D eigenvalue weighted by Crippen LogP contribution is 2.24. The third kappa shape index (κ3) is 3.13. The van der Waals surface area contributed by atoms with Crippen LogP contribution in [0.3, 0.4) is 0 Å². The van der Waals surface area contributed by atoms with Crippen LogP contribution in [-0.2, 0) is 7.05 Å². The maximum absolute atomic E-state index is 13.2. The Kier molecular flexibility index (Phi) is 4.29. The minimum Gasteiger partial charge on any atom is -0.352 e. The van der Waals surface area contributed by atoms with Crippen LogP contribution in [0.15, 0.2) is 36.5 Å². The van der Waals surface area contributed by atoms with E-state index in [0.29, 0.717) is 34.8 Å². The first-order valence-electron chi connectivity index (χ1n) is 7.82. The molecule has 3 rings (SSSR count). The van der Waals surface area contributed by atoms with E-state index in [4.69, 9.17) is 0 Å². The second-order valence-electron chi connectivity index (χ2n) is 6.17. The summed E-state index contributed by atoms with van der Waals surface area (Å²) >= 11 is 0. The van der Waals surface area contributed by atoms with E-state index in [0.717, 1.165) is 5.56 Å². The highest BCUT2D eigenvalue weighted by Gasteiger charge is 2.16. The first-order chi connectivity index (χ1) is 11.5. The van der Waals surface area contributed by atoms with Crippen LogP contribution in [0.2, 0.25) is 0 Å². The molecule has 2 aromatic heterocycles. The van der Waals surface area contributed by atoms with Gasteiger partial charge in [-0.05, 0) is 36.2 Å². The summed E-state index contributed by atoms with van der Waals surface area (Å²) in [6, 6.07) is 7.78. The van der Waals surface area contributed by atoms with Crippen LogP contribution in [0.25, 0.3) is 22.3 Å². The van der Waals surface area contributed by atoms with Crippen LogP contribution in [0, 0.1) is 11.7 Å². The number of rotatable bonds is 4. The molecule has 0 saturated heterocycles. The molecule has 0 fully saturated rings. The number of benzene rings is 1. The van der Waals surface area contributed by atoms with Crippen molar-refractivity contribution in [3.63, 3.8) is 0 Å². The SMILES string of the molecule is CC(C)CNC(=O)c1cc(-c2ccc(F)cc2)nc2c1cnn2C. The van der Waals surface area contributed by atoms with Gasteiger partial charge in [0.2, 0.25) is 0 Å². The quantitative estimate of drug-likeness (QED) is 0.801. The third-order valence-electron chi connectivity index (χ3n) is 3.76. The lowest BCUT2D eigenvalue weighted by Gasteiger charge is -2.10. The number of hydrogen-bond donors (Lipinski definition) is 1. The van der Waals surface area contributed by atoms with Gasteiger partial charge in [-0.25, -0.2) is 9.37 Å². The highest BCUT2D eigenvalue weighted by molar-refractivity contribution is 6.06. The number of carbonyl (C=O) groups excluding carboxylic acids is 1. The van der Waals surface area contributed by atoms with Gasteiger partial charge in [-0.15, -0.1) is 0 Å². The number of carbonyl (C=O) groups is 1. The molecule has 1 aromatic carbocycles. The van der Waals surface area contributed by atoms with Crippen LogP contribution < -0.4 is 5.32 Å². The molecular weight excluding hydrogens is 307 g/mol. The summed E-state index contributed by atoms with van der Waals surface area (Å²) in [6.45, 7) is 4.67. The van der Waals surface area contributed by atoms with E-state index in [-0.39, 0.29) is 11.7 Å². The largest absolute Gasteiger partial charge is 0.352 e. The molecule has 1 amide bonds. The summed E-state index contributed by atoms with van der Waals surface area (Å²) in [6.07, 6.45) is 1.64. The molecule has 0 unspecified atom stereocenters. The Morgan fingerprint density at radius 1 is 1.29 bits per heavy atom. The van der Waals surface area contributed by atoms with E-state index in [9.17, 15) is 9.18 Å². The van der Waals surface area contributed by atoms with Crippen LogP contribution >= 0.6 is 0 Å². The molecule has 3 aromatic rings. The third-order valence-corrected chi connectivity index (χ3v) is 3.76. The van der Waals surface area contributed by atoms with Crippen molar-refractivity contribution in [2.24, 2.45) is 13.0 Å². The molecule has 0 aliphatic rings.